The highest BCUT2D eigenvalue weighted by molar-refractivity contribution is 5.82. The molecule has 0 spiro atoms. The molecule has 0 amide bonds. The van der Waals surface area contributed by atoms with Crippen molar-refractivity contribution in [1.82, 2.24) is 30.2 Å². The van der Waals surface area contributed by atoms with Gasteiger partial charge in [-0.1, -0.05) is 6.07 Å². The maximum atomic E-state index is 4.70. The second kappa shape index (κ2) is 6.88. The first-order chi connectivity index (χ1) is 13.3. The molecule has 0 aromatic carbocycles. The van der Waals surface area contributed by atoms with Crippen LogP contribution < -0.4 is 10.2 Å². The number of imidazole rings is 1. The molecule has 140 valence electrons. The second-order valence-electron chi connectivity index (χ2n) is 7.75. The monoisotopic (exact) mass is 363 g/mol. The lowest BCUT2D eigenvalue weighted by atomic mass is 9.98. The zero-order valence-electron chi connectivity index (χ0n) is 15.6. The highest BCUT2D eigenvalue weighted by atomic mass is 15.2. The predicted molar refractivity (Wildman–Crippen MR) is 104 cm³/mol. The van der Waals surface area contributed by atoms with Gasteiger partial charge >= 0.3 is 0 Å². The van der Waals surface area contributed by atoms with Crippen LogP contribution >= 0.6 is 0 Å². The molecule has 1 saturated carbocycles. The Morgan fingerprint density at radius 1 is 1.11 bits per heavy atom. The molecule has 3 aromatic heterocycles. The van der Waals surface area contributed by atoms with Gasteiger partial charge in [0.05, 0.1) is 18.1 Å². The van der Waals surface area contributed by atoms with Crippen LogP contribution in [0, 0.1) is 12.8 Å². The Hall–Kier alpha value is -2.54. The SMILES string of the molecule is Cc1cccnc1C(NC1CCN(c2ncnc3nc[nH]c23)CC1)C1CC1. The van der Waals surface area contributed by atoms with Crippen molar-refractivity contribution in [3.63, 3.8) is 0 Å². The minimum Gasteiger partial charge on any atom is -0.355 e. The molecule has 1 atom stereocenters. The summed E-state index contributed by atoms with van der Waals surface area (Å²) in [5.41, 5.74) is 4.20. The molecule has 0 bridgehead atoms. The summed E-state index contributed by atoms with van der Waals surface area (Å²) in [6.45, 7) is 4.15. The van der Waals surface area contributed by atoms with Gasteiger partial charge in [0.2, 0.25) is 0 Å². The van der Waals surface area contributed by atoms with Crippen LogP contribution in [0.2, 0.25) is 0 Å². The molecule has 1 unspecified atom stereocenters. The van der Waals surface area contributed by atoms with Gasteiger partial charge < -0.3 is 15.2 Å². The third-order valence-electron chi connectivity index (χ3n) is 5.85. The lowest BCUT2D eigenvalue weighted by Crippen LogP contribution is -2.44. The smallest absolute Gasteiger partial charge is 0.182 e. The molecule has 2 N–H and O–H groups in total. The van der Waals surface area contributed by atoms with E-state index in [9.17, 15) is 0 Å². The highest BCUT2D eigenvalue weighted by Crippen LogP contribution is 2.42. The molecule has 0 radical (unpaired) electrons. The minimum absolute atomic E-state index is 0.390. The molecule has 1 saturated heterocycles. The van der Waals surface area contributed by atoms with Gasteiger partial charge in [0, 0.05) is 25.3 Å². The molecule has 7 heteroatoms. The number of hydrogen-bond donors (Lipinski definition) is 2. The van der Waals surface area contributed by atoms with E-state index in [2.05, 4.69) is 43.1 Å². The summed E-state index contributed by atoms with van der Waals surface area (Å²) in [6, 6.07) is 5.11. The molecule has 1 aliphatic heterocycles. The van der Waals surface area contributed by atoms with Gasteiger partial charge in [-0.05, 0) is 50.2 Å². The standard InChI is InChI=1S/C20H25N7/c1-13-3-2-8-21-16(13)17(14-4-5-14)26-15-6-9-27(10-7-15)20-18-19(23-11-22-18)24-12-25-20/h2-3,8,11-12,14-15,17,26H,4-7,9-10H2,1H3,(H,22,23,24,25). The predicted octanol–water partition coefficient (Wildman–Crippen LogP) is 2.77. The van der Waals surface area contributed by atoms with Crippen LogP contribution in [0.15, 0.2) is 31.0 Å². The van der Waals surface area contributed by atoms with Crippen LogP contribution in [0.5, 0.6) is 0 Å². The summed E-state index contributed by atoms with van der Waals surface area (Å²) < 4.78 is 0. The van der Waals surface area contributed by atoms with Crippen molar-refractivity contribution < 1.29 is 0 Å². The number of piperidine rings is 1. The first kappa shape index (κ1) is 16.6. The number of anilines is 1. The van der Waals surface area contributed by atoms with Crippen molar-refractivity contribution in [2.75, 3.05) is 18.0 Å². The van der Waals surface area contributed by atoms with Crippen molar-refractivity contribution in [2.24, 2.45) is 5.92 Å². The van der Waals surface area contributed by atoms with E-state index in [-0.39, 0.29) is 0 Å². The quantitative estimate of drug-likeness (QED) is 0.725. The number of aryl methyl sites for hydroxylation is 1. The lowest BCUT2D eigenvalue weighted by Gasteiger charge is -2.35. The van der Waals surface area contributed by atoms with Crippen molar-refractivity contribution in [3.05, 3.63) is 42.2 Å². The molecular weight excluding hydrogens is 338 g/mol. The van der Waals surface area contributed by atoms with Crippen molar-refractivity contribution in [2.45, 2.75) is 44.7 Å². The Bertz CT molecular complexity index is 925. The average molecular weight is 363 g/mol. The number of aromatic nitrogens is 5. The fourth-order valence-electron chi connectivity index (χ4n) is 4.20. The highest BCUT2D eigenvalue weighted by Gasteiger charge is 2.36. The van der Waals surface area contributed by atoms with Gasteiger partial charge in [0.15, 0.2) is 11.5 Å². The van der Waals surface area contributed by atoms with Crippen LogP contribution in [0.4, 0.5) is 5.82 Å². The first-order valence-corrected chi connectivity index (χ1v) is 9.86. The molecule has 7 nitrogen and oxygen atoms in total. The van der Waals surface area contributed by atoms with Gasteiger partial charge in [-0.3, -0.25) is 4.98 Å². The van der Waals surface area contributed by atoms with Gasteiger partial charge in [-0.15, -0.1) is 0 Å². The van der Waals surface area contributed by atoms with E-state index in [1.165, 1.54) is 24.1 Å². The molecule has 1 aliphatic carbocycles. The van der Waals surface area contributed by atoms with E-state index in [0.717, 1.165) is 48.8 Å². The number of nitrogens with one attached hydrogen (secondary N) is 2. The van der Waals surface area contributed by atoms with Crippen molar-refractivity contribution in [3.8, 4) is 0 Å². The molecule has 4 heterocycles. The number of fused-ring (bicyclic) bond motifs is 1. The second-order valence-corrected chi connectivity index (χ2v) is 7.75. The van der Waals surface area contributed by atoms with Gasteiger partial charge in [0.25, 0.3) is 0 Å². The van der Waals surface area contributed by atoms with Crippen molar-refractivity contribution >= 4 is 17.0 Å². The van der Waals surface area contributed by atoms with Crippen LogP contribution in [0.3, 0.4) is 0 Å². The van der Waals surface area contributed by atoms with Gasteiger partial charge in [-0.25, -0.2) is 15.0 Å². The average Bonchev–Trinajstić information content (AvgIpc) is 3.43. The Morgan fingerprint density at radius 2 is 1.96 bits per heavy atom. The normalized spacial score (nSPS) is 19.5. The molecular formula is C20H25N7. The Balaban J connectivity index is 1.28. The third kappa shape index (κ3) is 3.27. The van der Waals surface area contributed by atoms with E-state index < -0.39 is 0 Å². The summed E-state index contributed by atoms with van der Waals surface area (Å²) >= 11 is 0. The molecule has 2 aliphatic rings. The maximum absolute atomic E-state index is 4.70. The number of hydrogen-bond acceptors (Lipinski definition) is 6. The summed E-state index contributed by atoms with van der Waals surface area (Å²) in [5, 5.41) is 3.94. The van der Waals surface area contributed by atoms with Crippen molar-refractivity contribution in [1.29, 1.82) is 0 Å². The molecule has 2 fully saturated rings. The lowest BCUT2D eigenvalue weighted by molar-refractivity contribution is 0.344. The van der Waals surface area contributed by atoms with Gasteiger partial charge in [0.1, 0.15) is 11.8 Å². The third-order valence-corrected chi connectivity index (χ3v) is 5.85. The Kier molecular flexibility index (Phi) is 4.24. The van der Waals surface area contributed by atoms with E-state index >= 15 is 0 Å². The maximum Gasteiger partial charge on any atom is 0.182 e. The molecule has 27 heavy (non-hydrogen) atoms. The summed E-state index contributed by atoms with van der Waals surface area (Å²) in [7, 11) is 0. The fourth-order valence-corrected chi connectivity index (χ4v) is 4.20. The molecule has 5 rings (SSSR count). The van der Waals surface area contributed by atoms with E-state index in [1.54, 1.807) is 12.7 Å². The topological polar surface area (TPSA) is 82.6 Å². The van der Waals surface area contributed by atoms with Crippen LogP contribution in [-0.4, -0.2) is 44.1 Å². The Morgan fingerprint density at radius 3 is 2.74 bits per heavy atom. The number of H-pyrrole nitrogens is 1. The van der Waals surface area contributed by atoms with E-state index in [4.69, 9.17) is 4.98 Å². The van der Waals surface area contributed by atoms with Crippen LogP contribution in [0.1, 0.15) is 43.0 Å². The summed E-state index contributed by atoms with van der Waals surface area (Å²) in [4.78, 5) is 23.2. The van der Waals surface area contributed by atoms with Gasteiger partial charge in [-0.2, -0.15) is 0 Å². The largest absolute Gasteiger partial charge is 0.355 e. The van der Waals surface area contributed by atoms with Crippen LogP contribution in [0.25, 0.3) is 11.2 Å². The number of pyridine rings is 1. The van der Waals surface area contributed by atoms with E-state index in [1.807, 2.05) is 12.3 Å². The fraction of sp³-hybridized carbons (Fsp3) is 0.500. The number of nitrogens with zero attached hydrogens (tertiary/aromatic N) is 5. The number of aromatic amines is 1. The van der Waals surface area contributed by atoms with Crippen LogP contribution in [-0.2, 0) is 0 Å². The number of rotatable bonds is 5. The molecule has 3 aromatic rings. The Labute approximate surface area is 158 Å². The summed E-state index contributed by atoms with van der Waals surface area (Å²) in [5.74, 6) is 1.71. The summed E-state index contributed by atoms with van der Waals surface area (Å²) in [6.07, 6.45) is 10.1. The minimum atomic E-state index is 0.390. The first-order valence-electron chi connectivity index (χ1n) is 9.86. The zero-order valence-corrected chi connectivity index (χ0v) is 15.6. The van der Waals surface area contributed by atoms with E-state index in [0.29, 0.717) is 12.1 Å². The zero-order chi connectivity index (χ0) is 18.2.